The highest BCUT2D eigenvalue weighted by atomic mass is 16.7. The average molecular weight is 789 g/mol. The molecule has 2 saturated heterocycles. The van der Waals surface area contributed by atoms with Crippen molar-refractivity contribution in [1.82, 2.24) is 0 Å². The van der Waals surface area contributed by atoms with Gasteiger partial charge in [0, 0.05) is 30.3 Å². The maximum absolute atomic E-state index is 14.6. The zero-order valence-electron chi connectivity index (χ0n) is 32.3. The number of hydrogen-bond donors (Lipinski definition) is 6. The minimum absolute atomic E-state index is 0.0127. The van der Waals surface area contributed by atoms with Gasteiger partial charge in [-0.05, 0) is 70.6 Å². The van der Waals surface area contributed by atoms with Crippen LogP contribution in [-0.2, 0) is 42.8 Å². The van der Waals surface area contributed by atoms with Crippen LogP contribution in [0.1, 0.15) is 85.5 Å². The van der Waals surface area contributed by atoms with E-state index in [4.69, 9.17) is 28.4 Å². The predicted molar refractivity (Wildman–Crippen MR) is 194 cm³/mol. The van der Waals surface area contributed by atoms with E-state index < -0.39 is 114 Å². The topological polar surface area (TPSA) is 228 Å². The summed E-state index contributed by atoms with van der Waals surface area (Å²) < 4.78 is 36.0. The summed E-state index contributed by atoms with van der Waals surface area (Å²) in [6, 6.07) is 0. The van der Waals surface area contributed by atoms with E-state index in [0.717, 1.165) is 12.8 Å². The zero-order chi connectivity index (χ0) is 40.3. The minimum atomic E-state index is -1.62. The van der Waals surface area contributed by atoms with Gasteiger partial charge in [0.25, 0.3) is 5.76 Å². The van der Waals surface area contributed by atoms with Crippen molar-refractivity contribution in [3.63, 3.8) is 0 Å². The molecule has 1 saturated carbocycles. The summed E-state index contributed by atoms with van der Waals surface area (Å²) in [6.45, 7) is 6.79. The van der Waals surface area contributed by atoms with Crippen LogP contribution in [0.4, 0.5) is 0 Å². The molecule has 3 aliphatic carbocycles. The number of carbonyl (C=O) groups is 3. The molecule has 0 aromatic rings. The van der Waals surface area contributed by atoms with Crippen molar-refractivity contribution in [2.75, 3.05) is 0 Å². The molecule has 3 fully saturated rings. The first-order chi connectivity index (χ1) is 26.6. The smallest absolute Gasteiger partial charge is 0.379 e. The summed E-state index contributed by atoms with van der Waals surface area (Å²) in [5.41, 5.74) is -2.64. The Morgan fingerprint density at radius 1 is 0.893 bits per heavy atom. The SMILES string of the molecule is C[C@H]1C[C@]23OC(=O)C(=C2O)OC(=O)[C@@]2(C)[C@H](C=C[C@H]4[C@H](O[C@@H]5O[C@H](C)[C@@H](O[C@H]6C[C@@H](O)[C@H](O)[C@@H](C)O6)[C@H](O)[C@H]5O)CCC[C@@H]42)CCCC/C=C/[C@H]3C=C1C(=O)O. The minimum Gasteiger partial charge on any atom is -0.505 e. The summed E-state index contributed by atoms with van der Waals surface area (Å²) in [6.07, 6.45) is 3.58. The Bertz CT molecular complexity index is 1640. The Labute approximate surface area is 325 Å². The fourth-order valence-corrected chi connectivity index (χ4v) is 10.3. The highest BCUT2D eigenvalue weighted by Crippen LogP contribution is 2.55. The molecular formula is C41H56O15. The molecule has 0 radical (unpaired) electrons. The first-order valence-electron chi connectivity index (χ1n) is 20.1. The number of aliphatic hydroxyl groups excluding tert-OH is 5. The first kappa shape index (κ1) is 41.0. The van der Waals surface area contributed by atoms with Crippen LogP contribution < -0.4 is 0 Å². The lowest BCUT2D eigenvalue weighted by Gasteiger charge is -2.51. The predicted octanol–water partition coefficient (Wildman–Crippen LogP) is 3.09. The van der Waals surface area contributed by atoms with Crippen LogP contribution in [0.2, 0.25) is 0 Å². The van der Waals surface area contributed by atoms with E-state index in [-0.39, 0.29) is 36.2 Å². The maximum Gasteiger partial charge on any atom is 0.379 e. The van der Waals surface area contributed by atoms with Crippen molar-refractivity contribution in [1.29, 1.82) is 0 Å². The molecule has 15 heteroatoms. The summed E-state index contributed by atoms with van der Waals surface area (Å²) in [7, 11) is 0. The van der Waals surface area contributed by atoms with Crippen LogP contribution in [-0.4, -0.2) is 116 Å². The molecule has 4 heterocycles. The van der Waals surface area contributed by atoms with Gasteiger partial charge in [-0.1, -0.05) is 50.1 Å². The van der Waals surface area contributed by atoms with Gasteiger partial charge in [-0.25, -0.2) is 9.59 Å². The molecule has 17 atom stereocenters. The standard InChI is InChI=1S/C41H56O15/c1-19-18-41-23(16-25(19)36(47)48)11-8-6-5-7-10-22-14-15-24-26(40(22,4)39(50)55-34(35(41)46)37(49)56-41)12-9-13-28(24)53-38-32(45)31(44)33(21(3)52-38)54-29-17-27(42)30(43)20(2)51-29/h8,11,14-16,19-24,26-33,38,42-46H,5-7,9-10,12-13,17-18H2,1-4H3,(H,47,48)/b11-8+/t19-,20+,21+,22-,23-,24+,26-,27+,28+,29-,30+,31+,32+,33+,38-,40-,41+/m0/s1. The highest BCUT2D eigenvalue weighted by molar-refractivity contribution is 5.95. The lowest BCUT2D eigenvalue weighted by atomic mass is 9.55. The van der Waals surface area contributed by atoms with E-state index in [9.17, 15) is 45.0 Å². The van der Waals surface area contributed by atoms with Gasteiger partial charge in [-0.15, -0.1) is 0 Å². The summed E-state index contributed by atoms with van der Waals surface area (Å²) in [5.74, 6) is -6.20. The summed E-state index contributed by atoms with van der Waals surface area (Å²) in [5, 5.41) is 64.3. The molecule has 7 rings (SSSR count). The van der Waals surface area contributed by atoms with Crippen molar-refractivity contribution >= 4 is 17.9 Å². The van der Waals surface area contributed by atoms with Crippen molar-refractivity contribution in [2.24, 2.45) is 35.0 Å². The number of carbonyl (C=O) groups excluding carboxylic acids is 2. The van der Waals surface area contributed by atoms with Gasteiger partial charge >= 0.3 is 17.9 Å². The number of esters is 2. The Balaban J connectivity index is 1.12. The second-order valence-electron chi connectivity index (χ2n) is 17.0. The number of hydrogen-bond acceptors (Lipinski definition) is 14. The van der Waals surface area contributed by atoms with E-state index in [1.54, 1.807) is 26.8 Å². The van der Waals surface area contributed by atoms with Crippen LogP contribution in [0, 0.1) is 35.0 Å². The third kappa shape index (κ3) is 7.16. The van der Waals surface area contributed by atoms with Crippen LogP contribution >= 0.6 is 0 Å². The molecule has 2 bridgehead atoms. The molecule has 0 amide bonds. The first-order valence-corrected chi connectivity index (χ1v) is 20.1. The van der Waals surface area contributed by atoms with Crippen LogP contribution in [0.3, 0.4) is 0 Å². The van der Waals surface area contributed by atoms with E-state index in [2.05, 4.69) is 6.08 Å². The second kappa shape index (κ2) is 15.9. The number of fused-ring (bicyclic) bond motifs is 3. The molecule has 15 nitrogen and oxygen atoms in total. The lowest BCUT2D eigenvalue weighted by Crippen LogP contribution is -2.61. The number of ether oxygens (including phenoxy) is 6. The van der Waals surface area contributed by atoms with Crippen LogP contribution in [0.5, 0.6) is 0 Å². The van der Waals surface area contributed by atoms with Crippen molar-refractivity contribution in [3.8, 4) is 0 Å². The Hall–Kier alpha value is -3.15. The fraction of sp³-hybridized carbons (Fsp3) is 0.732. The van der Waals surface area contributed by atoms with Crippen LogP contribution in [0.15, 0.2) is 47.5 Å². The lowest BCUT2D eigenvalue weighted by molar-refractivity contribution is -0.343. The molecule has 0 aromatic carbocycles. The molecule has 4 aliphatic heterocycles. The Morgan fingerprint density at radius 3 is 2.39 bits per heavy atom. The normalized spacial score (nSPS) is 47.6. The van der Waals surface area contributed by atoms with Crippen molar-refractivity contribution < 1.29 is 73.4 Å². The maximum atomic E-state index is 14.6. The van der Waals surface area contributed by atoms with Crippen molar-refractivity contribution in [2.45, 2.75) is 152 Å². The molecule has 0 unspecified atom stereocenters. The number of carboxylic acid groups (broad SMARTS) is 1. The van der Waals surface area contributed by atoms with Gasteiger partial charge < -0.3 is 59.1 Å². The van der Waals surface area contributed by atoms with E-state index in [1.807, 2.05) is 19.1 Å². The van der Waals surface area contributed by atoms with Gasteiger partial charge in [0.15, 0.2) is 23.9 Å². The van der Waals surface area contributed by atoms with E-state index in [1.165, 1.54) is 6.08 Å². The number of carboxylic acids is 1. The summed E-state index contributed by atoms with van der Waals surface area (Å²) in [4.78, 5) is 40.2. The monoisotopic (exact) mass is 788 g/mol. The molecule has 56 heavy (non-hydrogen) atoms. The molecule has 0 aromatic heterocycles. The number of aliphatic hydroxyl groups is 5. The summed E-state index contributed by atoms with van der Waals surface area (Å²) >= 11 is 0. The molecule has 1 spiro atoms. The quantitative estimate of drug-likeness (QED) is 0.174. The zero-order valence-corrected chi connectivity index (χ0v) is 32.3. The largest absolute Gasteiger partial charge is 0.505 e. The molecule has 310 valence electrons. The van der Waals surface area contributed by atoms with Crippen molar-refractivity contribution in [3.05, 3.63) is 47.5 Å². The third-order valence-electron chi connectivity index (χ3n) is 13.5. The highest BCUT2D eigenvalue weighted by Gasteiger charge is 2.60. The Morgan fingerprint density at radius 2 is 1.66 bits per heavy atom. The van der Waals surface area contributed by atoms with Gasteiger partial charge in [0.1, 0.15) is 24.4 Å². The average Bonchev–Trinajstić information content (AvgIpc) is 3.37. The number of allylic oxidation sites excluding steroid dienone is 2. The van der Waals surface area contributed by atoms with E-state index >= 15 is 0 Å². The number of rotatable bonds is 5. The molecule has 6 N–H and O–H groups in total. The number of aliphatic carboxylic acids is 1. The Kier molecular flexibility index (Phi) is 11.6. The second-order valence-corrected chi connectivity index (χ2v) is 17.0. The molecule has 7 aliphatic rings. The fourth-order valence-electron chi connectivity index (χ4n) is 10.3. The van der Waals surface area contributed by atoms with Crippen LogP contribution in [0.25, 0.3) is 0 Å². The van der Waals surface area contributed by atoms with Gasteiger partial charge in [0.05, 0.1) is 29.8 Å². The third-order valence-corrected chi connectivity index (χ3v) is 13.5. The van der Waals surface area contributed by atoms with Gasteiger partial charge in [0.2, 0.25) is 0 Å². The molecular weight excluding hydrogens is 732 g/mol. The van der Waals surface area contributed by atoms with Gasteiger partial charge in [-0.2, -0.15) is 0 Å². The van der Waals surface area contributed by atoms with Gasteiger partial charge in [-0.3, -0.25) is 4.79 Å². The van der Waals surface area contributed by atoms with E-state index in [0.29, 0.717) is 32.1 Å².